The van der Waals surface area contributed by atoms with Crippen molar-refractivity contribution in [3.63, 3.8) is 0 Å². The van der Waals surface area contributed by atoms with Gasteiger partial charge in [-0.05, 0) is 43.4 Å². The summed E-state index contributed by atoms with van der Waals surface area (Å²) >= 11 is 0. The highest BCUT2D eigenvalue weighted by Crippen LogP contribution is 2.45. The zero-order chi connectivity index (χ0) is 63.1. The molecule has 0 aliphatic heterocycles. The van der Waals surface area contributed by atoms with Crippen LogP contribution in [0.1, 0.15) is 325 Å². The molecule has 0 saturated carbocycles. The van der Waals surface area contributed by atoms with Crippen LogP contribution >= 0.6 is 15.6 Å². The number of unbranched alkanes of at least 4 members (excludes halogenated alkanes) is 32. The molecule has 0 radical (unpaired) electrons. The van der Waals surface area contributed by atoms with Crippen LogP contribution in [0.3, 0.4) is 0 Å². The lowest BCUT2D eigenvalue weighted by atomic mass is 10.0. The first-order valence-electron chi connectivity index (χ1n) is 34.3. The Bertz CT molecular complexity index is 1680. The molecule has 0 fully saturated rings. The summed E-state index contributed by atoms with van der Waals surface area (Å²) in [4.78, 5) is 72.2. The molecule has 3 N–H and O–H groups in total. The third kappa shape index (κ3) is 60.7. The van der Waals surface area contributed by atoms with E-state index in [-0.39, 0.29) is 25.7 Å². The van der Waals surface area contributed by atoms with Crippen molar-refractivity contribution in [1.82, 2.24) is 0 Å². The van der Waals surface area contributed by atoms with Gasteiger partial charge in [-0.2, -0.15) is 0 Å². The van der Waals surface area contributed by atoms with Gasteiger partial charge in [-0.1, -0.05) is 273 Å². The number of rotatable bonds is 64. The van der Waals surface area contributed by atoms with E-state index < -0.39 is 97.5 Å². The van der Waals surface area contributed by atoms with Crippen molar-refractivity contribution in [2.24, 2.45) is 17.8 Å². The Kier molecular flexibility index (Phi) is 55.9. The van der Waals surface area contributed by atoms with Crippen molar-refractivity contribution in [2.45, 2.75) is 343 Å². The van der Waals surface area contributed by atoms with Gasteiger partial charge < -0.3 is 33.8 Å². The second-order valence-electron chi connectivity index (χ2n) is 25.3. The number of aliphatic hydroxyl groups excluding tert-OH is 1. The van der Waals surface area contributed by atoms with E-state index in [1.54, 1.807) is 0 Å². The number of carbonyl (C=O) groups is 4. The molecule has 85 heavy (non-hydrogen) atoms. The van der Waals surface area contributed by atoms with Gasteiger partial charge in [-0.25, -0.2) is 9.13 Å². The molecule has 0 spiro atoms. The number of hydrogen-bond donors (Lipinski definition) is 3. The zero-order valence-electron chi connectivity index (χ0n) is 55.1. The molecule has 19 heteroatoms. The summed E-state index contributed by atoms with van der Waals surface area (Å²) in [7, 11) is -9.89. The second-order valence-corrected chi connectivity index (χ2v) is 28.2. The summed E-state index contributed by atoms with van der Waals surface area (Å²) in [5, 5.41) is 10.5. The first-order valence-corrected chi connectivity index (χ1v) is 37.3. The Labute approximate surface area is 517 Å². The predicted octanol–water partition coefficient (Wildman–Crippen LogP) is 18.3. The smallest absolute Gasteiger partial charge is 0.462 e. The van der Waals surface area contributed by atoms with Gasteiger partial charge in [-0.15, -0.1) is 0 Å². The zero-order valence-corrected chi connectivity index (χ0v) is 56.9. The number of ether oxygens (including phenoxy) is 4. The first kappa shape index (κ1) is 83.1. The molecule has 2 unspecified atom stereocenters. The first-order chi connectivity index (χ1) is 40.7. The number of phosphoric ester groups is 2. The van der Waals surface area contributed by atoms with Crippen LogP contribution in [0.2, 0.25) is 0 Å². The lowest BCUT2D eigenvalue weighted by Crippen LogP contribution is -2.30. The number of hydrogen-bond acceptors (Lipinski definition) is 15. The van der Waals surface area contributed by atoms with Crippen LogP contribution in [-0.4, -0.2) is 96.7 Å². The summed E-state index contributed by atoms with van der Waals surface area (Å²) in [5.74, 6) is -0.0857. The number of phosphoric acid groups is 2. The monoisotopic (exact) mass is 1250 g/mol. The molecule has 0 aliphatic carbocycles. The fourth-order valence-corrected chi connectivity index (χ4v) is 11.4. The molecule has 0 bridgehead atoms. The Balaban J connectivity index is 5.20. The van der Waals surface area contributed by atoms with E-state index in [1.165, 1.54) is 122 Å². The maximum absolute atomic E-state index is 13.0. The standard InChI is InChI=1S/C66H128O17P2/c1-8-9-10-11-12-13-14-15-16-17-18-19-20-21-24-35-42-49-65(70)82-61(53-76-63(68)47-40-33-25-22-23-30-37-44-57(2)3)55-80-84(72,73)78-51-60(67)52-79-85(74,75)81-56-62(83-66(71)50-43-36-29-27-32-39-46-59(6)7)54-77-64(69)48-41-34-28-26-31-38-45-58(4)5/h57-62,67H,8-56H2,1-7H3,(H,72,73)(H,74,75)/t60-,61-,62-/m1/s1. The Morgan fingerprint density at radius 2 is 0.541 bits per heavy atom. The Morgan fingerprint density at radius 3 is 0.800 bits per heavy atom. The van der Waals surface area contributed by atoms with E-state index in [1.807, 2.05) is 0 Å². The minimum atomic E-state index is -4.95. The predicted molar refractivity (Wildman–Crippen MR) is 340 cm³/mol. The summed E-state index contributed by atoms with van der Waals surface area (Å²) in [6.07, 6.45) is 39.4. The van der Waals surface area contributed by atoms with Crippen LogP contribution in [0.25, 0.3) is 0 Å². The molecule has 0 heterocycles. The average Bonchev–Trinajstić information content (AvgIpc) is 3.62. The number of aliphatic hydroxyl groups is 1. The highest BCUT2D eigenvalue weighted by atomic mass is 31.2. The summed E-state index contributed by atoms with van der Waals surface area (Å²) in [5.41, 5.74) is 0. The van der Waals surface area contributed by atoms with E-state index in [4.69, 9.17) is 37.0 Å². The van der Waals surface area contributed by atoms with E-state index in [9.17, 15) is 43.2 Å². The van der Waals surface area contributed by atoms with Crippen molar-refractivity contribution in [3.8, 4) is 0 Å². The van der Waals surface area contributed by atoms with Gasteiger partial charge in [0, 0.05) is 25.7 Å². The number of esters is 4. The quantitative estimate of drug-likeness (QED) is 0.0222. The lowest BCUT2D eigenvalue weighted by Gasteiger charge is -2.21. The minimum absolute atomic E-state index is 0.101. The molecular weight excluding hydrogens is 1130 g/mol. The average molecular weight is 1260 g/mol. The molecule has 0 aromatic carbocycles. The normalized spacial score (nSPS) is 14.3. The van der Waals surface area contributed by atoms with Crippen molar-refractivity contribution < 1.29 is 80.2 Å². The SMILES string of the molecule is CCCCCCCCCCCCCCCCCCCC(=O)O[C@H](COC(=O)CCCCCCCCCC(C)C)COP(=O)(O)OC[C@@H](O)COP(=O)(O)OC[C@@H](COC(=O)CCCCCCCCC(C)C)OC(=O)CCCCCCCCC(C)C. The third-order valence-electron chi connectivity index (χ3n) is 15.1. The largest absolute Gasteiger partial charge is 0.472 e. The second kappa shape index (κ2) is 57.2. The maximum atomic E-state index is 13.0. The Hall–Kier alpha value is -1.94. The molecule has 5 atom stereocenters. The van der Waals surface area contributed by atoms with Gasteiger partial charge >= 0.3 is 39.5 Å². The fourth-order valence-electron chi connectivity index (χ4n) is 9.83. The summed E-state index contributed by atoms with van der Waals surface area (Å²) in [6.45, 7) is 11.6. The summed E-state index contributed by atoms with van der Waals surface area (Å²) in [6, 6.07) is 0. The van der Waals surface area contributed by atoms with Crippen LogP contribution < -0.4 is 0 Å². The molecule has 0 rings (SSSR count). The van der Waals surface area contributed by atoms with E-state index in [0.717, 1.165) is 103 Å². The highest BCUT2D eigenvalue weighted by molar-refractivity contribution is 7.47. The fraction of sp³-hybridized carbons (Fsp3) is 0.939. The molecule has 504 valence electrons. The number of carbonyl (C=O) groups excluding carboxylic acids is 4. The third-order valence-corrected chi connectivity index (χ3v) is 17.0. The topological polar surface area (TPSA) is 237 Å². The molecule has 0 amide bonds. The van der Waals surface area contributed by atoms with Gasteiger partial charge in [0.2, 0.25) is 0 Å². The van der Waals surface area contributed by atoms with Crippen LogP contribution in [0, 0.1) is 17.8 Å². The van der Waals surface area contributed by atoms with Crippen LogP contribution in [0.4, 0.5) is 0 Å². The molecule has 0 aromatic heterocycles. The van der Waals surface area contributed by atoms with Crippen molar-refractivity contribution in [2.75, 3.05) is 39.6 Å². The van der Waals surface area contributed by atoms with Gasteiger partial charge in [0.15, 0.2) is 12.2 Å². The van der Waals surface area contributed by atoms with E-state index in [2.05, 4.69) is 48.5 Å². The van der Waals surface area contributed by atoms with Crippen molar-refractivity contribution in [3.05, 3.63) is 0 Å². The van der Waals surface area contributed by atoms with Crippen LogP contribution in [-0.2, 0) is 65.4 Å². The van der Waals surface area contributed by atoms with E-state index in [0.29, 0.717) is 43.4 Å². The summed E-state index contributed by atoms with van der Waals surface area (Å²) < 4.78 is 68.0. The van der Waals surface area contributed by atoms with Gasteiger partial charge in [0.25, 0.3) is 0 Å². The molecule has 17 nitrogen and oxygen atoms in total. The van der Waals surface area contributed by atoms with Gasteiger partial charge in [0.05, 0.1) is 26.4 Å². The van der Waals surface area contributed by atoms with Gasteiger partial charge in [0.1, 0.15) is 19.3 Å². The molecule has 0 aliphatic rings. The van der Waals surface area contributed by atoms with Crippen molar-refractivity contribution in [1.29, 1.82) is 0 Å². The Morgan fingerprint density at radius 1 is 0.318 bits per heavy atom. The van der Waals surface area contributed by atoms with Crippen LogP contribution in [0.15, 0.2) is 0 Å². The molecular formula is C66H128O17P2. The maximum Gasteiger partial charge on any atom is 0.472 e. The van der Waals surface area contributed by atoms with E-state index >= 15 is 0 Å². The minimum Gasteiger partial charge on any atom is -0.462 e. The van der Waals surface area contributed by atoms with Crippen LogP contribution in [0.5, 0.6) is 0 Å². The molecule has 0 aromatic rings. The van der Waals surface area contributed by atoms with Crippen molar-refractivity contribution >= 4 is 39.5 Å². The highest BCUT2D eigenvalue weighted by Gasteiger charge is 2.30. The van der Waals surface area contributed by atoms with Gasteiger partial charge in [-0.3, -0.25) is 37.3 Å². The lowest BCUT2D eigenvalue weighted by molar-refractivity contribution is -0.161. The molecule has 0 saturated heterocycles.